The largest absolute Gasteiger partial charge is 0.383 e. The van der Waals surface area contributed by atoms with Crippen molar-refractivity contribution in [1.82, 2.24) is 9.55 Å². The molecule has 0 N–H and O–H groups in total. The van der Waals surface area contributed by atoms with Crippen LogP contribution in [-0.2, 0) is 11.3 Å². The van der Waals surface area contributed by atoms with Crippen LogP contribution < -0.4 is 5.56 Å². The summed E-state index contributed by atoms with van der Waals surface area (Å²) in [7, 11) is 1.64. The maximum atomic E-state index is 12.9. The molecule has 0 spiro atoms. The van der Waals surface area contributed by atoms with Crippen LogP contribution in [0.25, 0.3) is 21.6 Å². The van der Waals surface area contributed by atoms with Gasteiger partial charge in [0.1, 0.15) is 10.7 Å². The van der Waals surface area contributed by atoms with Crippen LogP contribution in [0, 0.1) is 13.8 Å². The third-order valence-corrected chi connectivity index (χ3v) is 4.94. The van der Waals surface area contributed by atoms with Crippen molar-refractivity contribution in [2.45, 2.75) is 20.4 Å². The van der Waals surface area contributed by atoms with Crippen LogP contribution in [0.5, 0.6) is 0 Å². The van der Waals surface area contributed by atoms with Crippen molar-refractivity contribution < 1.29 is 4.74 Å². The molecule has 0 amide bonds. The molecule has 0 aliphatic carbocycles. The molecule has 0 atom stereocenters. The summed E-state index contributed by atoms with van der Waals surface area (Å²) in [6.45, 7) is 4.99. The monoisotopic (exact) mass is 314 g/mol. The number of hydrogen-bond acceptors (Lipinski definition) is 4. The van der Waals surface area contributed by atoms with Gasteiger partial charge in [0.25, 0.3) is 5.56 Å². The Morgan fingerprint density at radius 1 is 1.23 bits per heavy atom. The second-order valence-electron chi connectivity index (χ2n) is 5.21. The third kappa shape index (κ3) is 2.46. The SMILES string of the molecule is COCCn1c(-c2ccccc2)nc2sc(C)c(C)c2c1=O. The van der Waals surface area contributed by atoms with Crippen molar-refractivity contribution in [1.29, 1.82) is 0 Å². The number of aromatic nitrogens is 2. The minimum absolute atomic E-state index is 0.0164. The van der Waals surface area contributed by atoms with E-state index < -0.39 is 0 Å². The molecule has 2 aromatic heterocycles. The molecule has 0 saturated heterocycles. The van der Waals surface area contributed by atoms with E-state index in [1.165, 1.54) is 0 Å². The van der Waals surface area contributed by atoms with Gasteiger partial charge in [0.15, 0.2) is 0 Å². The summed E-state index contributed by atoms with van der Waals surface area (Å²) >= 11 is 1.58. The maximum absolute atomic E-state index is 12.9. The Kier molecular flexibility index (Phi) is 4.09. The maximum Gasteiger partial charge on any atom is 0.262 e. The Morgan fingerprint density at radius 3 is 2.64 bits per heavy atom. The van der Waals surface area contributed by atoms with E-state index in [0.29, 0.717) is 19.0 Å². The van der Waals surface area contributed by atoms with Gasteiger partial charge in [-0.05, 0) is 19.4 Å². The minimum Gasteiger partial charge on any atom is -0.383 e. The van der Waals surface area contributed by atoms with E-state index in [0.717, 1.165) is 26.2 Å². The molecule has 3 aromatic rings. The molecule has 0 radical (unpaired) electrons. The van der Waals surface area contributed by atoms with Gasteiger partial charge in [0.2, 0.25) is 0 Å². The number of hydrogen-bond donors (Lipinski definition) is 0. The smallest absolute Gasteiger partial charge is 0.262 e. The lowest BCUT2D eigenvalue weighted by molar-refractivity contribution is 0.186. The van der Waals surface area contributed by atoms with Crippen LogP contribution in [0.15, 0.2) is 35.1 Å². The molecule has 1 aromatic carbocycles. The molecule has 22 heavy (non-hydrogen) atoms. The van der Waals surface area contributed by atoms with E-state index in [4.69, 9.17) is 9.72 Å². The van der Waals surface area contributed by atoms with Gasteiger partial charge < -0.3 is 4.74 Å². The van der Waals surface area contributed by atoms with E-state index in [1.54, 1.807) is 23.0 Å². The topological polar surface area (TPSA) is 44.1 Å². The summed E-state index contributed by atoms with van der Waals surface area (Å²) < 4.78 is 6.88. The molecule has 0 saturated carbocycles. The first kappa shape index (κ1) is 14.9. The summed E-state index contributed by atoms with van der Waals surface area (Å²) in [5.41, 5.74) is 1.99. The van der Waals surface area contributed by atoms with Crippen molar-refractivity contribution in [3.63, 3.8) is 0 Å². The zero-order chi connectivity index (χ0) is 15.7. The van der Waals surface area contributed by atoms with E-state index in [1.807, 2.05) is 44.2 Å². The molecule has 0 aliphatic heterocycles. The van der Waals surface area contributed by atoms with Crippen molar-refractivity contribution in [2.75, 3.05) is 13.7 Å². The number of fused-ring (bicyclic) bond motifs is 1. The molecule has 0 aliphatic rings. The summed E-state index contributed by atoms with van der Waals surface area (Å²) in [6.07, 6.45) is 0. The predicted molar refractivity (Wildman–Crippen MR) is 90.7 cm³/mol. The number of rotatable bonds is 4. The highest BCUT2D eigenvalue weighted by atomic mass is 32.1. The summed E-state index contributed by atoms with van der Waals surface area (Å²) in [4.78, 5) is 19.7. The van der Waals surface area contributed by atoms with Crippen molar-refractivity contribution in [2.24, 2.45) is 0 Å². The van der Waals surface area contributed by atoms with Crippen molar-refractivity contribution in [3.8, 4) is 11.4 Å². The normalized spacial score (nSPS) is 11.2. The highest BCUT2D eigenvalue weighted by molar-refractivity contribution is 7.18. The van der Waals surface area contributed by atoms with Gasteiger partial charge in [-0.2, -0.15) is 0 Å². The van der Waals surface area contributed by atoms with Crippen LogP contribution in [0.1, 0.15) is 10.4 Å². The van der Waals surface area contributed by atoms with Gasteiger partial charge >= 0.3 is 0 Å². The van der Waals surface area contributed by atoms with E-state index >= 15 is 0 Å². The van der Waals surface area contributed by atoms with Gasteiger partial charge in [-0.3, -0.25) is 9.36 Å². The number of methoxy groups -OCH3 is 1. The Morgan fingerprint density at radius 2 is 1.95 bits per heavy atom. The quantitative estimate of drug-likeness (QED) is 0.741. The molecule has 114 valence electrons. The standard InChI is InChI=1S/C17H18N2O2S/c1-11-12(2)22-16-14(11)17(20)19(9-10-21-3)15(18-16)13-7-5-4-6-8-13/h4-8H,9-10H2,1-3H3. The van der Waals surface area contributed by atoms with Gasteiger partial charge in [-0.1, -0.05) is 30.3 Å². The average Bonchev–Trinajstić information content (AvgIpc) is 2.82. The average molecular weight is 314 g/mol. The highest BCUT2D eigenvalue weighted by Gasteiger charge is 2.17. The Hall–Kier alpha value is -1.98. The Labute approximate surface area is 133 Å². The number of aryl methyl sites for hydroxylation is 2. The second kappa shape index (κ2) is 6.02. The molecule has 0 fully saturated rings. The predicted octanol–water partition coefficient (Wildman–Crippen LogP) is 3.39. The second-order valence-corrected chi connectivity index (χ2v) is 6.42. The highest BCUT2D eigenvalue weighted by Crippen LogP contribution is 2.28. The van der Waals surface area contributed by atoms with Crippen molar-refractivity contribution >= 4 is 21.6 Å². The van der Waals surface area contributed by atoms with Crippen LogP contribution in [0.2, 0.25) is 0 Å². The van der Waals surface area contributed by atoms with E-state index in [-0.39, 0.29) is 5.56 Å². The molecule has 5 heteroatoms. The lowest BCUT2D eigenvalue weighted by Gasteiger charge is -2.12. The number of thiophene rings is 1. The van der Waals surface area contributed by atoms with E-state index in [2.05, 4.69) is 0 Å². The molecular formula is C17H18N2O2S. The summed E-state index contributed by atoms with van der Waals surface area (Å²) in [5, 5.41) is 0.735. The summed E-state index contributed by atoms with van der Waals surface area (Å²) in [5.74, 6) is 0.705. The number of benzene rings is 1. The molecule has 0 bridgehead atoms. The first-order valence-corrected chi connectivity index (χ1v) is 8.00. The van der Waals surface area contributed by atoms with Gasteiger partial charge in [0.05, 0.1) is 18.5 Å². The van der Waals surface area contributed by atoms with Crippen LogP contribution in [-0.4, -0.2) is 23.3 Å². The zero-order valence-corrected chi connectivity index (χ0v) is 13.7. The fraction of sp³-hybridized carbons (Fsp3) is 0.294. The molecular weight excluding hydrogens is 296 g/mol. The third-order valence-electron chi connectivity index (χ3n) is 3.84. The van der Waals surface area contributed by atoms with Crippen LogP contribution in [0.4, 0.5) is 0 Å². The zero-order valence-electron chi connectivity index (χ0n) is 12.9. The first-order valence-electron chi connectivity index (χ1n) is 7.18. The summed E-state index contributed by atoms with van der Waals surface area (Å²) in [6, 6.07) is 9.82. The lowest BCUT2D eigenvalue weighted by Crippen LogP contribution is -2.25. The fourth-order valence-electron chi connectivity index (χ4n) is 2.52. The molecule has 0 unspecified atom stereocenters. The molecule has 2 heterocycles. The minimum atomic E-state index is 0.0164. The van der Waals surface area contributed by atoms with Gasteiger partial charge in [-0.15, -0.1) is 11.3 Å². The van der Waals surface area contributed by atoms with Crippen LogP contribution in [0.3, 0.4) is 0 Å². The number of nitrogens with zero attached hydrogens (tertiary/aromatic N) is 2. The lowest BCUT2D eigenvalue weighted by atomic mass is 10.2. The Bertz CT molecular complexity index is 866. The number of ether oxygens (including phenoxy) is 1. The van der Waals surface area contributed by atoms with E-state index in [9.17, 15) is 4.79 Å². The first-order chi connectivity index (χ1) is 10.6. The fourth-order valence-corrected chi connectivity index (χ4v) is 3.54. The van der Waals surface area contributed by atoms with Crippen molar-refractivity contribution in [3.05, 3.63) is 51.1 Å². The van der Waals surface area contributed by atoms with Gasteiger partial charge in [-0.25, -0.2) is 4.98 Å². The molecule has 3 rings (SSSR count). The van der Waals surface area contributed by atoms with Gasteiger partial charge in [0, 0.05) is 17.6 Å². The Balaban J connectivity index is 2.32. The van der Waals surface area contributed by atoms with Crippen LogP contribution >= 0.6 is 11.3 Å². The molecule has 4 nitrogen and oxygen atoms in total.